The fourth-order valence-electron chi connectivity index (χ4n) is 2.17. The smallest absolute Gasteiger partial charge is 0.328 e. The van der Waals surface area contributed by atoms with Crippen molar-refractivity contribution in [1.29, 1.82) is 0 Å². The summed E-state index contributed by atoms with van der Waals surface area (Å²) < 4.78 is 4.74. The van der Waals surface area contributed by atoms with E-state index >= 15 is 0 Å². The van der Waals surface area contributed by atoms with Crippen molar-refractivity contribution in [2.75, 3.05) is 13.7 Å². The zero-order valence-electron chi connectivity index (χ0n) is 14.3. The van der Waals surface area contributed by atoms with Gasteiger partial charge >= 0.3 is 5.97 Å². The molecule has 0 heterocycles. The summed E-state index contributed by atoms with van der Waals surface area (Å²) >= 11 is 0. The zero-order valence-corrected chi connectivity index (χ0v) is 14.3. The first kappa shape index (κ1) is 19.7. The van der Waals surface area contributed by atoms with E-state index in [9.17, 15) is 14.4 Å². The van der Waals surface area contributed by atoms with E-state index in [0.29, 0.717) is 13.0 Å². The molecule has 1 atom stereocenters. The molecule has 6 heteroatoms. The number of esters is 1. The average molecular weight is 334 g/mol. The highest BCUT2D eigenvalue weighted by Crippen LogP contribution is 2.05. The number of carbonyl (C=O) groups is 3. The highest BCUT2D eigenvalue weighted by molar-refractivity contribution is 5.87. The second-order valence-electron chi connectivity index (χ2n) is 5.54. The van der Waals surface area contributed by atoms with Crippen LogP contribution >= 0.6 is 0 Å². The third-order valence-electron chi connectivity index (χ3n) is 3.54. The molecule has 0 saturated carbocycles. The van der Waals surface area contributed by atoms with E-state index in [2.05, 4.69) is 10.6 Å². The minimum Gasteiger partial charge on any atom is -0.467 e. The predicted molar refractivity (Wildman–Crippen MR) is 91.2 cm³/mol. The highest BCUT2D eigenvalue weighted by Gasteiger charge is 2.22. The standard InChI is InChI=1S/C18H26N2O4/c1-3-4-12-19-16(21)10-11-17(22)20-15(18(23)24-2)13-14-8-6-5-7-9-14/h5-9,15H,3-4,10-13H2,1-2H3,(H,19,21)(H,20,22). The van der Waals surface area contributed by atoms with Gasteiger partial charge in [-0.3, -0.25) is 9.59 Å². The number of amides is 2. The second-order valence-corrected chi connectivity index (χ2v) is 5.54. The number of carbonyl (C=O) groups excluding carboxylic acids is 3. The van der Waals surface area contributed by atoms with E-state index in [1.54, 1.807) is 0 Å². The Balaban J connectivity index is 2.46. The lowest BCUT2D eigenvalue weighted by atomic mass is 10.1. The van der Waals surface area contributed by atoms with Crippen LogP contribution in [0.25, 0.3) is 0 Å². The van der Waals surface area contributed by atoms with Gasteiger partial charge in [-0.05, 0) is 12.0 Å². The van der Waals surface area contributed by atoms with Crippen LogP contribution in [0.4, 0.5) is 0 Å². The van der Waals surface area contributed by atoms with Crippen LogP contribution in [-0.2, 0) is 25.5 Å². The molecule has 132 valence electrons. The van der Waals surface area contributed by atoms with Crippen molar-refractivity contribution < 1.29 is 19.1 Å². The van der Waals surface area contributed by atoms with Crippen molar-refractivity contribution >= 4 is 17.8 Å². The molecule has 0 bridgehead atoms. The summed E-state index contributed by atoms with van der Waals surface area (Å²) in [5.74, 6) is -0.997. The summed E-state index contributed by atoms with van der Waals surface area (Å²) in [7, 11) is 1.29. The van der Waals surface area contributed by atoms with Crippen LogP contribution in [0.2, 0.25) is 0 Å². The number of methoxy groups -OCH3 is 1. The number of ether oxygens (including phenoxy) is 1. The maximum absolute atomic E-state index is 12.0. The van der Waals surface area contributed by atoms with Crippen LogP contribution in [0.1, 0.15) is 38.2 Å². The van der Waals surface area contributed by atoms with E-state index in [1.807, 2.05) is 37.3 Å². The first-order valence-electron chi connectivity index (χ1n) is 8.24. The number of nitrogens with one attached hydrogen (secondary N) is 2. The fraction of sp³-hybridized carbons (Fsp3) is 0.500. The molecule has 0 fully saturated rings. The summed E-state index contributed by atoms with van der Waals surface area (Å²) in [5.41, 5.74) is 0.922. The maximum atomic E-state index is 12.0. The summed E-state index contributed by atoms with van der Waals surface area (Å²) in [6.07, 6.45) is 2.41. The predicted octanol–water partition coefficient (Wildman–Crippen LogP) is 1.58. The lowest BCUT2D eigenvalue weighted by molar-refractivity contribution is -0.145. The van der Waals surface area contributed by atoms with E-state index in [1.165, 1.54) is 7.11 Å². The van der Waals surface area contributed by atoms with Crippen LogP contribution in [0, 0.1) is 0 Å². The molecular weight excluding hydrogens is 308 g/mol. The summed E-state index contributed by atoms with van der Waals surface area (Å²) in [6, 6.07) is 8.62. The molecular formula is C18H26N2O4. The minimum atomic E-state index is -0.756. The number of hydrogen-bond donors (Lipinski definition) is 2. The Hall–Kier alpha value is -2.37. The van der Waals surface area contributed by atoms with Crippen molar-refractivity contribution in [3.8, 4) is 0 Å². The molecule has 0 aromatic heterocycles. The number of unbranched alkanes of at least 4 members (excludes halogenated alkanes) is 1. The van der Waals surface area contributed by atoms with Gasteiger partial charge in [0.15, 0.2) is 0 Å². The number of rotatable bonds is 10. The van der Waals surface area contributed by atoms with Gasteiger partial charge in [0.1, 0.15) is 6.04 Å². The van der Waals surface area contributed by atoms with Gasteiger partial charge in [-0.25, -0.2) is 4.79 Å². The molecule has 0 spiro atoms. The van der Waals surface area contributed by atoms with E-state index in [4.69, 9.17) is 4.74 Å². The van der Waals surface area contributed by atoms with E-state index in [0.717, 1.165) is 18.4 Å². The number of benzene rings is 1. The monoisotopic (exact) mass is 334 g/mol. The Morgan fingerprint density at radius 1 is 1.08 bits per heavy atom. The van der Waals surface area contributed by atoms with Gasteiger partial charge < -0.3 is 15.4 Å². The van der Waals surface area contributed by atoms with Gasteiger partial charge in [0.05, 0.1) is 7.11 Å². The molecule has 0 aliphatic heterocycles. The van der Waals surface area contributed by atoms with Gasteiger partial charge in [0.2, 0.25) is 11.8 Å². The topological polar surface area (TPSA) is 84.5 Å². The average Bonchev–Trinajstić information content (AvgIpc) is 2.60. The van der Waals surface area contributed by atoms with Gasteiger partial charge in [-0.2, -0.15) is 0 Å². The largest absolute Gasteiger partial charge is 0.467 e. The molecule has 6 nitrogen and oxygen atoms in total. The number of hydrogen-bond acceptors (Lipinski definition) is 4. The second kappa shape index (κ2) is 11.2. The minimum absolute atomic E-state index is 0.0419. The Kier molecular flexibility index (Phi) is 9.19. The molecule has 24 heavy (non-hydrogen) atoms. The van der Waals surface area contributed by atoms with Gasteiger partial charge in [0.25, 0.3) is 0 Å². The van der Waals surface area contributed by atoms with Crippen molar-refractivity contribution in [2.45, 2.75) is 45.1 Å². The molecule has 0 aliphatic carbocycles. The maximum Gasteiger partial charge on any atom is 0.328 e. The van der Waals surface area contributed by atoms with Crippen molar-refractivity contribution in [2.24, 2.45) is 0 Å². The van der Waals surface area contributed by atoms with Crippen LogP contribution in [0.15, 0.2) is 30.3 Å². The van der Waals surface area contributed by atoms with Crippen LogP contribution < -0.4 is 10.6 Å². The normalized spacial score (nSPS) is 11.4. The van der Waals surface area contributed by atoms with Crippen molar-refractivity contribution in [1.82, 2.24) is 10.6 Å². The first-order chi connectivity index (χ1) is 11.6. The first-order valence-corrected chi connectivity index (χ1v) is 8.24. The van der Waals surface area contributed by atoms with Gasteiger partial charge in [0, 0.05) is 25.8 Å². The quantitative estimate of drug-likeness (QED) is 0.503. The summed E-state index contributed by atoms with van der Waals surface area (Å²) in [5, 5.41) is 5.40. The summed E-state index contributed by atoms with van der Waals surface area (Å²) in [6.45, 7) is 2.66. The molecule has 0 aliphatic rings. The molecule has 1 unspecified atom stereocenters. The third-order valence-corrected chi connectivity index (χ3v) is 3.54. The van der Waals surface area contributed by atoms with E-state index in [-0.39, 0.29) is 24.7 Å². The Labute approximate surface area is 143 Å². The van der Waals surface area contributed by atoms with Crippen LogP contribution in [-0.4, -0.2) is 37.5 Å². The molecule has 0 saturated heterocycles. The lowest BCUT2D eigenvalue weighted by Gasteiger charge is -2.16. The molecule has 2 N–H and O–H groups in total. The lowest BCUT2D eigenvalue weighted by Crippen LogP contribution is -2.43. The third kappa shape index (κ3) is 7.76. The Morgan fingerprint density at radius 3 is 2.38 bits per heavy atom. The molecule has 1 rings (SSSR count). The molecule has 1 aromatic carbocycles. The molecule has 1 aromatic rings. The van der Waals surface area contributed by atoms with Crippen molar-refractivity contribution in [3.63, 3.8) is 0 Å². The molecule has 2 amide bonds. The van der Waals surface area contributed by atoms with Gasteiger partial charge in [-0.1, -0.05) is 43.7 Å². The van der Waals surface area contributed by atoms with Crippen LogP contribution in [0.3, 0.4) is 0 Å². The van der Waals surface area contributed by atoms with Crippen LogP contribution in [0.5, 0.6) is 0 Å². The Morgan fingerprint density at radius 2 is 1.75 bits per heavy atom. The highest BCUT2D eigenvalue weighted by atomic mass is 16.5. The Bertz CT molecular complexity index is 531. The zero-order chi connectivity index (χ0) is 17.8. The molecule has 0 radical (unpaired) electrons. The van der Waals surface area contributed by atoms with E-state index < -0.39 is 12.0 Å². The fourth-order valence-corrected chi connectivity index (χ4v) is 2.17. The SMILES string of the molecule is CCCCNC(=O)CCC(=O)NC(Cc1ccccc1)C(=O)OC. The van der Waals surface area contributed by atoms with Gasteiger partial charge in [-0.15, -0.1) is 0 Å². The summed E-state index contributed by atoms with van der Waals surface area (Å²) in [4.78, 5) is 35.5. The van der Waals surface area contributed by atoms with Crippen molar-refractivity contribution in [3.05, 3.63) is 35.9 Å².